The summed E-state index contributed by atoms with van der Waals surface area (Å²) in [5.41, 5.74) is 3.26. The zero-order valence-electron chi connectivity index (χ0n) is 20.9. The molecule has 0 aliphatic carbocycles. The van der Waals surface area contributed by atoms with Gasteiger partial charge < -0.3 is 4.90 Å². The Morgan fingerprint density at radius 3 is 2.00 bits per heavy atom. The molecule has 36 heavy (non-hydrogen) atoms. The molecule has 190 valence electrons. The number of hydrogen-bond acceptors (Lipinski definition) is 4. The van der Waals surface area contributed by atoms with Gasteiger partial charge in [0.1, 0.15) is 0 Å². The third-order valence-corrected chi connectivity index (χ3v) is 7.58. The lowest BCUT2D eigenvalue weighted by molar-refractivity contribution is -0.133. The Morgan fingerprint density at radius 2 is 1.50 bits per heavy atom. The molecular formula is C29H34N2O4S. The summed E-state index contributed by atoms with van der Waals surface area (Å²) in [5.74, 6) is -0.0136. The van der Waals surface area contributed by atoms with Crippen molar-refractivity contribution >= 4 is 16.0 Å². The van der Waals surface area contributed by atoms with Crippen molar-refractivity contribution in [1.29, 1.82) is 0 Å². The van der Waals surface area contributed by atoms with Crippen LogP contribution in [0.25, 0.3) is 0 Å². The van der Waals surface area contributed by atoms with Crippen molar-refractivity contribution in [3.63, 3.8) is 0 Å². The highest BCUT2D eigenvalue weighted by Crippen LogP contribution is 2.38. The van der Waals surface area contributed by atoms with Crippen LogP contribution in [0.4, 0.5) is 0 Å². The van der Waals surface area contributed by atoms with Gasteiger partial charge in [0.25, 0.3) is 10.1 Å². The third-order valence-electron chi connectivity index (χ3n) is 6.71. The monoisotopic (exact) mass is 506 g/mol. The molecule has 4 rings (SSSR count). The Kier molecular flexibility index (Phi) is 9.20. The summed E-state index contributed by atoms with van der Waals surface area (Å²) >= 11 is 0. The van der Waals surface area contributed by atoms with Gasteiger partial charge in [-0.25, -0.2) is 0 Å². The molecule has 1 N–H and O–H groups in total. The van der Waals surface area contributed by atoms with Crippen LogP contribution in [-0.2, 0) is 27.0 Å². The van der Waals surface area contributed by atoms with Gasteiger partial charge in [-0.1, -0.05) is 84.9 Å². The van der Waals surface area contributed by atoms with Gasteiger partial charge in [-0.05, 0) is 49.1 Å². The molecule has 0 bridgehead atoms. The molecule has 1 fully saturated rings. The van der Waals surface area contributed by atoms with Crippen LogP contribution in [0.2, 0.25) is 0 Å². The molecule has 1 aliphatic rings. The average molecular weight is 507 g/mol. The summed E-state index contributed by atoms with van der Waals surface area (Å²) in [6, 6.07) is 27.0. The predicted octanol–water partition coefficient (Wildman–Crippen LogP) is 5.06. The minimum absolute atomic E-state index is 0.0136. The Hall–Kier alpha value is -3.26. The number of piperidine rings is 1. The predicted molar refractivity (Wildman–Crippen MR) is 143 cm³/mol. The minimum Gasteiger partial charge on any atom is -0.332 e. The molecule has 7 heteroatoms. The summed E-state index contributed by atoms with van der Waals surface area (Å²) in [7, 11) is -2.11. The van der Waals surface area contributed by atoms with E-state index in [0.29, 0.717) is 0 Å². The highest BCUT2D eigenvalue weighted by Gasteiger charge is 2.41. The summed E-state index contributed by atoms with van der Waals surface area (Å²) in [6.07, 6.45) is 3.28. The number of likely N-dealkylation sites (N-methyl/N-ethyl adjacent to an activating group) is 1. The molecule has 1 heterocycles. The number of likely N-dealkylation sites (tertiary alicyclic amines) is 1. The molecule has 1 saturated heterocycles. The van der Waals surface area contributed by atoms with E-state index < -0.39 is 10.1 Å². The molecule has 0 unspecified atom stereocenters. The van der Waals surface area contributed by atoms with Gasteiger partial charge in [-0.2, -0.15) is 8.42 Å². The Balaban J connectivity index is 0.000000275. The fraction of sp³-hybridized carbons (Fsp3) is 0.276. The zero-order valence-corrected chi connectivity index (χ0v) is 21.7. The zero-order chi connectivity index (χ0) is 26.2. The highest BCUT2D eigenvalue weighted by atomic mass is 32.2. The molecule has 3 aromatic rings. The van der Waals surface area contributed by atoms with Gasteiger partial charge in [0.05, 0.1) is 10.4 Å². The van der Waals surface area contributed by atoms with Crippen LogP contribution >= 0.6 is 0 Å². The van der Waals surface area contributed by atoms with Crippen molar-refractivity contribution in [3.8, 4) is 0 Å². The summed E-state index contributed by atoms with van der Waals surface area (Å²) < 4.78 is 29.6. The maximum absolute atomic E-state index is 12.4. The first-order chi connectivity index (χ1) is 17.2. The third kappa shape index (κ3) is 6.91. The van der Waals surface area contributed by atoms with Crippen molar-refractivity contribution in [1.82, 2.24) is 9.80 Å². The Labute approximate surface area is 214 Å². The highest BCUT2D eigenvalue weighted by molar-refractivity contribution is 7.85. The Bertz CT molecular complexity index is 1240. The average Bonchev–Trinajstić information content (AvgIpc) is 2.89. The largest absolute Gasteiger partial charge is 0.332 e. The smallest absolute Gasteiger partial charge is 0.294 e. The van der Waals surface area contributed by atoms with E-state index in [4.69, 9.17) is 4.55 Å². The van der Waals surface area contributed by atoms with Crippen LogP contribution in [-0.4, -0.2) is 48.8 Å². The number of carbonyl (C=O) groups excluding carboxylic acids is 1. The van der Waals surface area contributed by atoms with E-state index in [9.17, 15) is 13.2 Å². The lowest BCUT2D eigenvalue weighted by atomic mass is 9.79. The standard InChI is InChI=1S/C22H26N2O.C7H8O3S/c1-3-21(25)23(2)22(20-12-8-5-9-13-20)14-16-24(17-15-22)18-19-10-6-4-7-11-19;1-6-2-4-7(5-3-6)11(8,9)10/h3-13H,1,14-18H2,2H3;2-5H,1H3,(H,8,9,10). The fourth-order valence-corrected chi connectivity index (χ4v) is 5.03. The van der Waals surface area contributed by atoms with Crippen LogP contribution < -0.4 is 0 Å². The van der Waals surface area contributed by atoms with E-state index in [0.717, 1.165) is 38.0 Å². The second kappa shape index (κ2) is 12.1. The van der Waals surface area contributed by atoms with E-state index >= 15 is 0 Å². The first-order valence-corrected chi connectivity index (χ1v) is 13.4. The number of aryl methyl sites for hydroxylation is 1. The first kappa shape index (κ1) is 27.3. The van der Waals surface area contributed by atoms with Crippen LogP contribution in [0, 0.1) is 6.92 Å². The van der Waals surface area contributed by atoms with Crippen molar-refractivity contribution in [3.05, 3.63) is 114 Å². The lowest BCUT2D eigenvalue weighted by Gasteiger charge is -2.47. The molecule has 0 saturated carbocycles. The molecule has 1 amide bonds. The van der Waals surface area contributed by atoms with Gasteiger partial charge >= 0.3 is 0 Å². The minimum atomic E-state index is -4.02. The summed E-state index contributed by atoms with van der Waals surface area (Å²) in [6.45, 7) is 8.42. The van der Waals surface area contributed by atoms with Crippen molar-refractivity contribution in [2.45, 2.75) is 36.7 Å². The topological polar surface area (TPSA) is 77.9 Å². The van der Waals surface area contributed by atoms with Crippen LogP contribution in [0.1, 0.15) is 29.5 Å². The second-order valence-electron chi connectivity index (χ2n) is 9.05. The number of benzene rings is 3. The molecule has 0 aromatic heterocycles. The molecule has 0 spiro atoms. The molecule has 0 radical (unpaired) electrons. The van der Waals surface area contributed by atoms with E-state index in [1.807, 2.05) is 24.9 Å². The maximum Gasteiger partial charge on any atom is 0.294 e. The van der Waals surface area contributed by atoms with Crippen LogP contribution in [0.15, 0.2) is 102 Å². The number of hydrogen-bond donors (Lipinski definition) is 1. The van der Waals surface area contributed by atoms with Crippen LogP contribution in [0.3, 0.4) is 0 Å². The molecule has 6 nitrogen and oxygen atoms in total. The van der Waals surface area contributed by atoms with Crippen molar-refractivity contribution in [2.24, 2.45) is 0 Å². The van der Waals surface area contributed by atoms with E-state index in [2.05, 4.69) is 66.1 Å². The SMILES string of the molecule is C=CC(=O)N(C)C1(c2ccccc2)CCN(Cc2ccccc2)CC1.Cc1ccc(S(=O)(=O)O)cc1. The molecule has 3 aromatic carbocycles. The number of carbonyl (C=O) groups is 1. The molecule has 1 aliphatic heterocycles. The van der Waals surface area contributed by atoms with Gasteiger partial charge in [-0.3, -0.25) is 14.2 Å². The van der Waals surface area contributed by atoms with Gasteiger partial charge in [0.2, 0.25) is 5.91 Å². The Morgan fingerprint density at radius 1 is 0.972 bits per heavy atom. The van der Waals surface area contributed by atoms with Crippen LogP contribution in [0.5, 0.6) is 0 Å². The second-order valence-corrected chi connectivity index (χ2v) is 10.5. The van der Waals surface area contributed by atoms with Crippen molar-refractivity contribution < 1.29 is 17.8 Å². The van der Waals surface area contributed by atoms with E-state index in [1.54, 1.807) is 12.1 Å². The van der Waals surface area contributed by atoms with Crippen molar-refractivity contribution in [2.75, 3.05) is 20.1 Å². The normalized spacial score (nSPS) is 15.3. The summed E-state index contributed by atoms with van der Waals surface area (Å²) in [5, 5.41) is 0. The number of rotatable bonds is 6. The molecular weight excluding hydrogens is 472 g/mol. The van der Waals surface area contributed by atoms with Gasteiger partial charge in [-0.15, -0.1) is 0 Å². The van der Waals surface area contributed by atoms with E-state index in [-0.39, 0.29) is 16.3 Å². The maximum atomic E-state index is 12.4. The first-order valence-electron chi connectivity index (χ1n) is 11.9. The lowest BCUT2D eigenvalue weighted by Crippen LogP contribution is -2.53. The van der Waals surface area contributed by atoms with Gasteiger partial charge in [0.15, 0.2) is 0 Å². The van der Waals surface area contributed by atoms with E-state index in [1.165, 1.54) is 29.3 Å². The van der Waals surface area contributed by atoms with Gasteiger partial charge in [0, 0.05) is 26.7 Å². The summed E-state index contributed by atoms with van der Waals surface area (Å²) in [4.78, 5) is 16.6. The number of amides is 1. The fourth-order valence-electron chi connectivity index (χ4n) is 4.55. The molecule has 0 atom stereocenters. The quantitative estimate of drug-likeness (QED) is 0.373. The number of nitrogens with zero attached hydrogens (tertiary/aromatic N) is 2.